The lowest BCUT2D eigenvalue weighted by Crippen LogP contribution is -2.42. The highest BCUT2D eigenvalue weighted by Gasteiger charge is 2.27. The summed E-state index contributed by atoms with van der Waals surface area (Å²) in [5, 5.41) is 3.02. The van der Waals surface area contributed by atoms with Gasteiger partial charge in [0.25, 0.3) is 5.91 Å². The normalized spacial score (nSPS) is 14.7. The molecule has 6 heteroatoms. The molecule has 3 rings (SSSR count). The van der Waals surface area contributed by atoms with Gasteiger partial charge in [-0.2, -0.15) is 0 Å². The molecule has 0 aliphatic carbocycles. The van der Waals surface area contributed by atoms with Gasteiger partial charge in [-0.25, -0.2) is 0 Å². The van der Waals surface area contributed by atoms with Crippen LogP contribution in [0.4, 0.5) is 0 Å². The van der Waals surface area contributed by atoms with Crippen molar-refractivity contribution in [3.63, 3.8) is 0 Å². The molecule has 2 aromatic rings. The number of likely N-dealkylation sites (tertiary alicyclic amines) is 1. The summed E-state index contributed by atoms with van der Waals surface area (Å²) in [6.45, 7) is 1.75. The second-order valence-electron chi connectivity index (χ2n) is 6.64. The Bertz CT molecular complexity index is 782. The van der Waals surface area contributed by atoms with Crippen molar-refractivity contribution in [1.29, 1.82) is 0 Å². The maximum Gasteiger partial charge on any atom is 0.253 e. The second kappa shape index (κ2) is 9.21. The molecule has 1 fully saturated rings. The third-order valence-electron chi connectivity index (χ3n) is 4.87. The van der Waals surface area contributed by atoms with Gasteiger partial charge >= 0.3 is 0 Å². The number of carbonyl (C=O) groups excluding carboxylic acids is 2. The predicted octanol–water partition coefficient (Wildman–Crippen LogP) is 3.47. The number of rotatable bonds is 5. The van der Waals surface area contributed by atoms with E-state index < -0.39 is 0 Å². The molecule has 0 aromatic heterocycles. The highest BCUT2D eigenvalue weighted by molar-refractivity contribution is 14.1. The van der Waals surface area contributed by atoms with Crippen LogP contribution in [0.25, 0.3) is 0 Å². The fourth-order valence-electron chi connectivity index (χ4n) is 3.20. The van der Waals surface area contributed by atoms with Crippen molar-refractivity contribution >= 4 is 34.4 Å². The number of carbonyl (C=O) groups is 2. The number of nitrogens with zero attached hydrogens (tertiary/aromatic N) is 1. The molecule has 0 spiro atoms. The number of halogens is 1. The molecule has 2 amide bonds. The fourth-order valence-corrected chi connectivity index (χ4v) is 3.56. The Morgan fingerprint density at radius 2 is 1.70 bits per heavy atom. The zero-order valence-electron chi connectivity index (χ0n) is 15.3. The lowest BCUT2D eigenvalue weighted by atomic mass is 9.95. The van der Waals surface area contributed by atoms with Crippen LogP contribution >= 0.6 is 22.6 Å². The fraction of sp³-hybridized carbons (Fsp3) is 0.333. The molecule has 0 radical (unpaired) electrons. The minimum Gasteiger partial charge on any atom is -0.497 e. The summed E-state index contributed by atoms with van der Waals surface area (Å²) in [7, 11) is 1.60. The molecular formula is C21H23IN2O3. The van der Waals surface area contributed by atoms with E-state index in [1.807, 2.05) is 29.2 Å². The van der Waals surface area contributed by atoms with Crippen LogP contribution in [0.3, 0.4) is 0 Å². The van der Waals surface area contributed by atoms with Crippen LogP contribution in [0.15, 0.2) is 48.5 Å². The maximum absolute atomic E-state index is 12.6. The van der Waals surface area contributed by atoms with Gasteiger partial charge in [-0.3, -0.25) is 9.59 Å². The number of piperidine rings is 1. The first-order valence-corrected chi connectivity index (χ1v) is 10.1. The van der Waals surface area contributed by atoms with Crippen molar-refractivity contribution < 1.29 is 14.3 Å². The van der Waals surface area contributed by atoms with E-state index in [2.05, 4.69) is 27.9 Å². The molecule has 5 nitrogen and oxygen atoms in total. The molecule has 1 N–H and O–H groups in total. The summed E-state index contributed by atoms with van der Waals surface area (Å²) in [6.07, 6.45) is 1.39. The smallest absolute Gasteiger partial charge is 0.253 e. The van der Waals surface area contributed by atoms with E-state index in [0.717, 1.165) is 11.3 Å². The molecule has 0 bridgehead atoms. The largest absolute Gasteiger partial charge is 0.497 e. The first kappa shape index (κ1) is 19.7. The summed E-state index contributed by atoms with van der Waals surface area (Å²) < 4.78 is 6.30. The average molecular weight is 478 g/mol. The van der Waals surface area contributed by atoms with Gasteiger partial charge in [-0.1, -0.05) is 12.1 Å². The van der Waals surface area contributed by atoms with E-state index in [0.29, 0.717) is 38.0 Å². The molecule has 1 aliphatic heterocycles. The summed E-state index contributed by atoms with van der Waals surface area (Å²) >= 11 is 2.26. The molecule has 0 unspecified atom stereocenters. The van der Waals surface area contributed by atoms with Crippen molar-refractivity contribution in [3.8, 4) is 5.75 Å². The van der Waals surface area contributed by atoms with Crippen molar-refractivity contribution in [2.24, 2.45) is 5.92 Å². The lowest BCUT2D eigenvalue weighted by molar-refractivity contribution is -0.126. The van der Waals surface area contributed by atoms with Crippen LogP contribution in [0.5, 0.6) is 5.75 Å². The number of methoxy groups -OCH3 is 1. The van der Waals surface area contributed by atoms with Gasteiger partial charge < -0.3 is 15.0 Å². The van der Waals surface area contributed by atoms with Crippen LogP contribution < -0.4 is 10.1 Å². The van der Waals surface area contributed by atoms with E-state index in [1.165, 1.54) is 3.57 Å². The van der Waals surface area contributed by atoms with Crippen molar-refractivity contribution in [3.05, 3.63) is 63.2 Å². The van der Waals surface area contributed by atoms with Gasteiger partial charge in [0.1, 0.15) is 5.75 Å². The monoisotopic (exact) mass is 478 g/mol. The third kappa shape index (κ3) is 5.22. The molecule has 1 aliphatic rings. The van der Waals surface area contributed by atoms with E-state index in [1.54, 1.807) is 31.4 Å². The van der Waals surface area contributed by atoms with E-state index in [9.17, 15) is 9.59 Å². The van der Waals surface area contributed by atoms with Crippen LogP contribution in [0, 0.1) is 9.49 Å². The standard InChI is InChI=1S/C21H23IN2O3/c1-27-19-8-4-17(5-9-19)21(26)24-12-10-16(11-13-24)20(25)23-14-15-2-6-18(22)7-3-15/h2-9,16H,10-14H2,1H3,(H,23,25). The topological polar surface area (TPSA) is 58.6 Å². The highest BCUT2D eigenvalue weighted by atomic mass is 127. The Balaban J connectivity index is 1.48. The number of benzene rings is 2. The van der Waals surface area contributed by atoms with E-state index >= 15 is 0 Å². The minimum atomic E-state index is -0.0336. The molecule has 0 saturated carbocycles. The van der Waals surface area contributed by atoms with Gasteiger partial charge in [0.2, 0.25) is 5.91 Å². The van der Waals surface area contributed by atoms with Crippen molar-refractivity contribution in [2.45, 2.75) is 19.4 Å². The molecule has 2 aromatic carbocycles. The Kier molecular flexibility index (Phi) is 6.71. The predicted molar refractivity (Wildman–Crippen MR) is 113 cm³/mol. The second-order valence-corrected chi connectivity index (χ2v) is 7.88. The quantitative estimate of drug-likeness (QED) is 0.670. The van der Waals surface area contributed by atoms with Crippen molar-refractivity contribution in [2.75, 3.05) is 20.2 Å². The first-order chi connectivity index (χ1) is 13.1. The third-order valence-corrected chi connectivity index (χ3v) is 5.59. The minimum absolute atomic E-state index is 0.00963. The number of hydrogen-bond donors (Lipinski definition) is 1. The van der Waals surface area contributed by atoms with Gasteiger partial charge in [-0.15, -0.1) is 0 Å². The Morgan fingerprint density at radius 1 is 1.07 bits per heavy atom. The summed E-state index contributed by atoms with van der Waals surface area (Å²) in [5.41, 5.74) is 1.74. The van der Waals surface area contributed by atoms with Gasteiger partial charge in [0.05, 0.1) is 7.11 Å². The summed E-state index contributed by atoms with van der Waals surface area (Å²) in [6, 6.07) is 15.3. The van der Waals surface area contributed by atoms with Gasteiger partial charge in [0, 0.05) is 34.7 Å². The van der Waals surface area contributed by atoms with E-state index in [-0.39, 0.29) is 17.7 Å². The molecular weight excluding hydrogens is 455 g/mol. The van der Waals surface area contributed by atoms with Crippen LogP contribution in [-0.4, -0.2) is 36.9 Å². The molecule has 27 heavy (non-hydrogen) atoms. The molecule has 0 atom stereocenters. The number of nitrogens with one attached hydrogen (secondary N) is 1. The zero-order valence-corrected chi connectivity index (χ0v) is 17.4. The van der Waals surface area contributed by atoms with Gasteiger partial charge in [0.15, 0.2) is 0 Å². The number of amides is 2. The lowest BCUT2D eigenvalue weighted by Gasteiger charge is -2.31. The Hall–Kier alpha value is -2.09. The summed E-state index contributed by atoms with van der Waals surface area (Å²) in [4.78, 5) is 26.8. The van der Waals surface area contributed by atoms with Crippen LogP contribution in [0.1, 0.15) is 28.8 Å². The van der Waals surface area contributed by atoms with Crippen LogP contribution in [-0.2, 0) is 11.3 Å². The molecule has 1 heterocycles. The van der Waals surface area contributed by atoms with Gasteiger partial charge in [-0.05, 0) is 77.4 Å². The van der Waals surface area contributed by atoms with Crippen molar-refractivity contribution in [1.82, 2.24) is 10.2 Å². The molecule has 1 saturated heterocycles. The SMILES string of the molecule is COc1ccc(C(=O)N2CCC(C(=O)NCc3ccc(I)cc3)CC2)cc1. The Labute approximate surface area is 173 Å². The van der Waals surface area contributed by atoms with E-state index in [4.69, 9.17) is 4.74 Å². The zero-order chi connectivity index (χ0) is 19.2. The number of ether oxygens (including phenoxy) is 1. The molecule has 142 valence electrons. The average Bonchev–Trinajstić information content (AvgIpc) is 2.73. The maximum atomic E-state index is 12.6. The Morgan fingerprint density at radius 3 is 2.30 bits per heavy atom. The highest BCUT2D eigenvalue weighted by Crippen LogP contribution is 2.20. The summed E-state index contributed by atoms with van der Waals surface area (Å²) in [5.74, 6) is 0.782. The van der Waals surface area contributed by atoms with Crippen LogP contribution in [0.2, 0.25) is 0 Å². The first-order valence-electron chi connectivity index (χ1n) is 9.02. The number of hydrogen-bond acceptors (Lipinski definition) is 3.